The Bertz CT molecular complexity index is 574. The van der Waals surface area contributed by atoms with Gasteiger partial charge in [0, 0.05) is 24.6 Å². The van der Waals surface area contributed by atoms with Crippen LogP contribution in [0.2, 0.25) is 0 Å². The minimum absolute atomic E-state index is 0.0826. The van der Waals surface area contributed by atoms with Crippen LogP contribution in [0.1, 0.15) is 55.1 Å². The number of carbonyl (C=O) groups is 1. The molecule has 1 heterocycles. The van der Waals surface area contributed by atoms with Gasteiger partial charge in [0.25, 0.3) is 5.91 Å². The molecule has 0 saturated carbocycles. The summed E-state index contributed by atoms with van der Waals surface area (Å²) in [4.78, 5) is 14.6. The maximum atomic E-state index is 14.5. The highest BCUT2D eigenvalue weighted by atomic mass is 19.1. The molecule has 0 bridgehead atoms. The third-order valence-electron chi connectivity index (χ3n) is 4.95. The number of likely N-dealkylation sites (tertiary alicyclic amines) is 1. The van der Waals surface area contributed by atoms with Gasteiger partial charge in [0.05, 0.1) is 0 Å². The molecule has 3 nitrogen and oxygen atoms in total. The normalized spacial score (nSPS) is 22.0. The molecule has 1 fully saturated rings. The molecule has 1 N–H and O–H groups in total. The van der Waals surface area contributed by atoms with Gasteiger partial charge < -0.3 is 10.2 Å². The predicted octanol–water partition coefficient (Wildman–Crippen LogP) is 4.13. The van der Waals surface area contributed by atoms with Crippen LogP contribution in [0.25, 0.3) is 0 Å². The van der Waals surface area contributed by atoms with Crippen LogP contribution in [-0.4, -0.2) is 43.2 Å². The van der Waals surface area contributed by atoms with Gasteiger partial charge in [-0.2, -0.15) is 0 Å². The van der Waals surface area contributed by atoms with Crippen LogP contribution in [0.3, 0.4) is 0 Å². The fourth-order valence-corrected chi connectivity index (χ4v) is 3.37. The first-order valence-electron chi connectivity index (χ1n) is 9.37. The second-order valence-electron chi connectivity index (χ2n) is 8.76. The first kappa shape index (κ1) is 19.9. The smallest absolute Gasteiger partial charge is 0.251 e. The van der Waals surface area contributed by atoms with Crippen LogP contribution in [0, 0.1) is 25.2 Å². The van der Waals surface area contributed by atoms with Gasteiger partial charge >= 0.3 is 0 Å². The number of nitrogens with one attached hydrogen (secondary N) is 1. The Morgan fingerprint density at radius 2 is 1.88 bits per heavy atom. The maximum absolute atomic E-state index is 14.5. The SMILES string of the molecule is Cc1cc(C)cc(C(=O)NC[C@H]2CCN(CCC(C)(C)C)C[C@H]2F)c1. The molecule has 1 aromatic carbocycles. The molecular formula is C21H33FN2O. The average molecular weight is 349 g/mol. The first-order valence-corrected chi connectivity index (χ1v) is 9.37. The van der Waals surface area contributed by atoms with E-state index in [0.29, 0.717) is 18.7 Å². The zero-order valence-electron chi connectivity index (χ0n) is 16.4. The van der Waals surface area contributed by atoms with Crippen LogP contribution in [0.5, 0.6) is 0 Å². The van der Waals surface area contributed by atoms with Crippen LogP contribution in [0.4, 0.5) is 4.39 Å². The van der Waals surface area contributed by atoms with Crippen molar-refractivity contribution in [2.75, 3.05) is 26.2 Å². The Labute approximate surface area is 152 Å². The molecule has 4 heteroatoms. The number of carbonyl (C=O) groups excluding carboxylic acids is 1. The second-order valence-corrected chi connectivity index (χ2v) is 8.76. The third-order valence-corrected chi connectivity index (χ3v) is 4.95. The number of amides is 1. The van der Waals surface area contributed by atoms with Crippen LogP contribution < -0.4 is 5.32 Å². The molecule has 0 spiro atoms. The van der Waals surface area contributed by atoms with Gasteiger partial charge in [-0.25, -0.2) is 4.39 Å². The molecule has 2 atom stereocenters. The molecule has 1 amide bonds. The minimum atomic E-state index is -0.867. The number of piperidine rings is 1. The fourth-order valence-electron chi connectivity index (χ4n) is 3.37. The quantitative estimate of drug-likeness (QED) is 0.868. The number of benzene rings is 1. The lowest BCUT2D eigenvalue weighted by molar-refractivity contribution is 0.0724. The van der Waals surface area contributed by atoms with E-state index in [1.165, 1.54) is 0 Å². The zero-order chi connectivity index (χ0) is 18.6. The lowest BCUT2D eigenvalue weighted by Crippen LogP contribution is -2.46. The molecule has 1 aliphatic rings. The Hall–Kier alpha value is -1.42. The second kappa shape index (κ2) is 8.31. The van der Waals surface area contributed by atoms with Gasteiger partial charge in [0.15, 0.2) is 0 Å². The zero-order valence-corrected chi connectivity index (χ0v) is 16.4. The fraction of sp³-hybridized carbons (Fsp3) is 0.667. The summed E-state index contributed by atoms with van der Waals surface area (Å²) >= 11 is 0. The summed E-state index contributed by atoms with van der Waals surface area (Å²) in [6, 6.07) is 5.80. The van der Waals surface area contributed by atoms with Gasteiger partial charge in [-0.1, -0.05) is 38.0 Å². The summed E-state index contributed by atoms with van der Waals surface area (Å²) < 4.78 is 14.5. The monoisotopic (exact) mass is 348 g/mol. The maximum Gasteiger partial charge on any atom is 0.251 e. The molecule has 1 aliphatic heterocycles. The lowest BCUT2D eigenvalue weighted by Gasteiger charge is -2.36. The Kier molecular flexibility index (Phi) is 6.61. The minimum Gasteiger partial charge on any atom is -0.352 e. The van der Waals surface area contributed by atoms with Crippen molar-refractivity contribution in [3.8, 4) is 0 Å². The summed E-state index contributed by atoms with van der Waals surface area (Å²) in [5, 5.41) is 2.93. The third kappa shape index (κ3) is 6.43. The number of nitrogens with zero attached hydrogens (tertiary/aromatic N) is 1. The van der Waals surface area contributed by atoms with Crippen LogP contribution in [-0.2, 0) is 0 Å². The molecule has 1 aromatic rings. The predicted molar refractivity (Wildman–Crippen MR) is 102 cm³/mol. The van der Waals surface area contributed by atoms with Crippen molar-refractivity contribution in [2.24, 2.45) is 11.3 Å². The highest BCUT2D eigenvalue weighted by molar-refractivity contribution is 5.94. The standard InChI is InChI=1S/C21H33FN2O/c1-15-10-16(2)12-18(11-15)20(25)23-13-17-6-8-24(14-19(17)22)9-7-21(3,4)5/h10-12,17,19H,6-9,13-14H2,1-5H3,(H,23,25)/t17-,19-/m1/s1. The van der Waals surface area contributed by atoms with Gasteiger partial charge in [-0.3, -0.25) is 4.79 Å². The van der Waals surface area contributed by atoms with Crippen LogP contribution >= 0.6 is 0 Å². The molecule has 2 rings (SSSR count). The van der Waals surface area contributed by atoms with Gasteiger partial charge in [0.2, 0.25) is 0 Å². The summed E-state index contributed by atoms with van der Waals surface area (Å²) in [5.41, 5.74) is 3.08. The van der Waals surface area contributed by atoms with Crippen molar-refractivity contribution >= 4 is 5.91 Å². The molecule has 0 aliphatic carbocycles. The number of halogens is 1. The Morgan fingerprint density at radius 3 is 2.44 bits per heavy atom. The number of aryl methyl sites for hydroxylation is 2. The first-order chi connectivity index (χ1) is 11.6. The molecular weight excluding hydrogens is 315 g/mol. The van der Waals surface area contributed by atoms with Gasteiger partial charge in [-0.05, 0) is 57.3 Å². The van der Waals surface area contributed by atoms with Crippen molar-refractivity contribution in [3.63, 3.8) is 0 Å². The van der Waals surface area contributed by atoms with Crippen molar-refractivity contribution < 1.29 is 9.18 Å². The Balaban J connectivity index is 1.81. The summed E-state index contributed by atoms with van der Waals surface area (Å²) in [6.07, 6.45) is 1.01. The van der Waals surface area contributed by atoms with E-state index >= 15 is 0 Å². The number of alkyl halides is 1. The van der Waals surface area contributed by atoms with E-state index in [-0.39, 0.29) is 17.2 Å². The van der Waals surface area contributed by atoms with Crippen molar-refractivity contribution in [1.29, 1.82) is 0 Å². The highest BCUT2D eigenvalue weighted by Crippen LogP contribution is 2.24. The van der Waals surface area contributed by atoms with E-state index in [9.17, 15) is 9.18 Å². The molecule has 0 unspecified atom stereocenters. The topological polar surface area (TPSA) is 32.3 Å². The molecule has 25 heavy (non-hydrogen) atoms. The summed E-state index contributed by atoms with van der Waals surface area (Å²) in [6.45, 7) is 13.4. The molecule has 140 valence electrons. The Morgan fingerprint density at radius 1 is 1.24 bits per heavy atom. The summed E-state index contributed by atoms with van der Waals surface area (Å²) in [5.74, 6) is -0.185. The van der Waals surface area contributed by atoms with Crippen molar-refractivity contribution in [3.05, 3.63) is 34.9 Å². The van der Waals surface area contributed by atoms with Crippen molar-refractivity contribution in [1.82, 2.24) is 10.2 Å². The average Bonchev–Trinajstić information content (AvgIpc) is 2.50. The molecule has 1 saturated heterocycles. The lowest BCUT2D eigenvalue weighted by atomic mass is 9.90. The number of hydrogen-bond donors (Lipinski definition) is 1. The largest absolute Gasteiger partial charge is 0.352 e. The van der Waals surface area contributed by atoms with E-state index in [1.807, 2.05) is 32.0 Å². The molecule has 0 radical (unpaired) electrons. The summed E-state index contributed by atoms with van der Waals surface area (Å²) in [7, 11) is 0. The highest BCUT2D eigenvalue weighted by Gasteiger charge is 2.29. The van der Waals surface area contributed by atoms with E-state index in [0.717, 1.165) is 37.1 Å². The number of rotatable bonds is 5. The van der Waals surface area contributed by atoms with E-state index in [4.69, 9.17) is 0 Å². The van der Waals surface area contributed by atoms with E-state index in [1.54, 1.807) is 0 Å². The van der Waals surface area contributed by atoms with Crippen LogP contribution in [0.15, 0.2) is 18.2 Å². The number of hydrogen-bond acceptors (Lipinski definition) is 2. The van der Waals surface area contributed by atoms with E-state index < -0.39 is 6.17 Å². The molecule has 0 aromatic heterocycles. The van der Waals surface area contributed by atoms with Crippen molar-refractivity contribution in [2.45, 2.75) is 53.6 Å². The van der Waals surface area contributed by atoms with E-state index in [2.05, 4.69) is 31.0 Å². The van der Waals surface area contributed by atoms with Gasteiger partial charge in [0.1, 0.15) is 6.17 Å². The van der Waals surface area contributed by atoms with Gasteiger partial charge in [-0.15, -0.1) is 0 Å².